The molecule has 15 heavy (non-hydrogen) atoms. The summed E-state index contributed by atoms with van der Waals surface area (Å²) in [6, 6.07) is 9.25. The largest absolute Gasteiger partial charge is 0.303 e. The molecule has 1 unspecified atom stereocenters. The van der Waals surface area contributed by atoms with E-state index in [0.29, 0.717) is 6.54 Å². The topological polar surface area (TPSA) is 12.0 Å². The second-order valence-electron chi connectivity index (χ2n) is 3.08. The Labute approximate surface area is 105 Å². The molecule has 4 heteroatoms. The van der Waals surface area contributed by atoms with Crippen LogP contribution in [0.3, 0.4) is 0 Å². The Hall–Kier alpha value is -0.210. The minimum Gasteiger partial charge on any atom is -0.303 e. The summed E-state index contributed by atoms with van der Waals surface area (Å²) in [6.45, 7) is 4.21. The molecule has 0 radical (unpaired) electrons. The van der Waals surface area contributed by atoms with Crippen molar-refractivity contribution < 1.29 is 0 Å². The normalized spacial score (nSPS) is 13.5. The van der Waals surface area contributed by atoms with Gasteiger partial charge in [0.1, 0.15) is 0 Å². The Balaban J connectivity index is 2.86. The van der Waals surface area contributed by atoms with Crippen LogP contribution in [0.2, 0.25) is 0 Å². The SMILES string of the molecule is C=CCNC(c1ccccc1)C(Cl)(Cl)Cl. The molecule has 0 fully saturated rings. The van der Waals surface area contributed by atoms with E-state index in [1.54, 1.807) is 6.08 Å². The maximum absolute atomic E-state index is 5.90. The highest BCUT2D eigenvalue weighted by atomic mass is 35.6. The van der Waals surface area contributed by atoms with E-state index < -0.39 is 3.79 Å². The summed E-state index contributed by atoms with van der Waals surface area (Å²) in [5.41, 5.74) is 0.944. The quantitative estimate of drug-likeness (QED) is 0.643. The van der Waals surface area contributed by atoms with Crippen LogP contribution >= 0.6 is 34.8 Å². The van der Waals surface area contributed by atoms with E-state index in [0.717, 1.165) is 5.56 Å². The van der Waals surface area contributed by atoms with Gasteiger partial charge in [-0.3, -0.25) is 0 Å². The highest BCUT2D eigenvalue weighted by Gasteiger charge is 2.32. The molecule has 0 bridgehead atoms. The zero-order valence-corrected chi connectivity index (χ0v) is 10.4. The molecule has 0 aliphatic heterocycles. The summed E-state index contributed by atoms with van der Waals surface area (Å²) in [4.78, 5) is 0. The Morgan fingerprint density at radius 3 is 2.33 bits per heavy atom. The Morgan fingerprint density at radius 2 is 1.87 bits per heavy atom. The monoisotopic (exact) mass is 263 g/mol. The minimum absolute atomic E-state index is 0.332. The molecule has 0 aromatic heterocycles. The van der Waals surface area contributed by atoms with E-state index >= 15 is 0 Å². The molecule has 0 saturated carbocycles. The first-order valence-corrected chi connectivity index (χ1v) is 5.65. The Bertz CT molecular complexity index is 305. The minimum atomic E-state index is -1.37. The van der Waals surface area contributed by atoms with Gasteiger partial charge >= 0.3 is 0 Å². The first-order chi connectivity index (χ1) is 7.05. The second-order valence-corrected chi connectivity index (χ2v) is 5.45. The first kappa shape index (κ1) is 12.9. The number of hydrogen-bond acceptors (Lipinski definition) is 1. The zero-order valence-electron chi connectivity index (χ0n) is 8.09. The standard InChI is InChI=1S/C11H12Cl3N/c1-2-8-15-10(11(12,13)14)9-6-4-3-5-7-9/h2-7,10,15H,1,8H2. The Kier molecular flexibility index (Phi) is 4.94. The fourth-order valence-corrected chi connectivity index (χ4v) is 1.88. The van der Waals surface area contributed by atoms with E-state index in [1.807, 2.05) is 30.3 Å². The molecule has 0 heterocycles. The average Bonchev–Trinajstić information content (AvgIpc) is 2.18. The van der Waals surface area contributed by atoms with Gasteiger partial charge in [-0.25, -0.2) is 0 Å². The molecule has 0 saturated heterocycles. The molecular weight excluding hydrogens is 252 g/mol. The lowest BCUT2D eigenvalue weighted by atomic mass is 10.1. The van der Waals surface area contributed by atoms with E-state index in [9.17, 15) is 0 Å². The number of hydrogen-bond donors (Lipinski definition) is 1. The molecule has 1 atom stereocenters. The van der Waals surface area contributed by atoms with E-state index in [2.05, 4.69) is 11.9 Å². The van der Waals surface area contributed by atoms with Crippen LogP contribution in [0, 0.1) is 0 Å². The van der Waals surface area contributed by atoms with Crippen LogP contribution < -0.4 is 5.32 Å². The molecule has 1 aromatic rings. The third kappa shape index (κ3) is 4.04. The smallest absolute Gasteiger partial charge is 0.209 e. The lowest BCUT2D eigenvalue weighted by Crippen LogP contribution is -2.32. The predicted molar refractivity (Wildman–Crippen MR) is 67.7 cm³/mol. The third-order valence-corrected chi connectivity index (χ3v) is 2.58. The highest BCUT2D eigenvalue weighted by Crippen LogP contribution is 2.39. The van der Waals surface area contributed by atoms with Crippen molar-refractivity contribution in [3.8, 4) is 0 Å². The molecule has 1 nitrogen and oxygen atoms in total. The first-order valence-electron chi connectivity index (χ1n) is 4.51. The molecule has 0 spiro atoms. The molecule has 1 aromatic carbocycles. The van der Waals surface area contributed by atoms with Crippen LogP contribution in [0.25, 0.3) is 0 Å². The number of nitrogens with one attached hydrogen (secondary N) is 1. The second kappa shape index (κ2) is 5.76. The molecule has 82 valence electrons. The van der Waals surface area contributed by atoms with E-state index in [4.69, 9.17) is 34.8 Å². The van der Waals surface area contributed by atoms with Crippen molar-refractivity contribution in [2.45, 2.75) is 9.83 Å². The lowest BCUT2D eigenvalue weighted by Gasteiger charge is -2.25. The summed E-state index contributed by atoms with van der Waals surface area (Å²) >= 11 is 17.7. The average molecular weight is 265 g/mol. The van der Waals surface area contributed by atoms with Gasteiger partial charge in [-0.1, -0.05) is 71.2 Å². The van der Waals surface area contributed by atoms with Crippen LogP contribution in [0.5, 0.6) is 0 Å². The summed E-state index contributed by atoms with van der Waals surface area (Å²) in [7, 11) is 0. The van der Waals surface area contributed by atoms with Gasteiger partial charge in [0, 0.05) is 6.54 Å². The van der Waals surface area contributed by atoms with Gasteiger partial charge in [-0.05, 0) is 5.56 Å². The van der Waals surface area contributed by atoms with E-state index in [1.165, 1.54) is 0 Å². The van der Waals surface area contributed by atoms with E-state index in [-0.39, 0.29) is 6.04 Å². The summed E-state index contributed by atoms with van der Waals surface area (Å²) < 4.78 is -1.37. The number of halogens is 3. The Morgan fingerprint density at radius 1 is 1.27 bits per heavy atom. The summed E-state index contributed by atoms with van der Waals surface area (Å²) in [5, 5.41) is 3.11. The van der Waals surface area contributed by atoms with Crippen molar-refractivity contribution in [2.75, 3.05) is 6.54 Å². The molecule has 0 aliphatic carbocycles. The molecule has 1 N–H and O–H groups in total. The molecule has 0 amide bonds. The van der Waals surface area contributed by atoms with Crippen LogP contribution in [0.1, 0.15) is 11.6 Å². The zero-order chi connectivity index (χ0) is 11.3. The molecule has 1 rings (SSSR count). The fourth-order valence-electron chi connectivity index (χ4n) is 1.27. The molecule has 0 aliphatic rings. The van der Waals surface area contributed by atoms with Gasteiger partial charge in [0.25, 0.3) is 0 Å². The van der Waals surface area contributed by atoms with Gasteiger partial charge < -0.3 is 5.32 Å². The maximum Gasteiger partial charge on any atom is 0.209 e. The number of benzene rings is 1. The van der Waals surface area contributed by atoms with Crippen molar-refractivity contribution >= 4 is 34.8 Å². The van der Waals surface area contributed by atoms with Gasteiger partial charge in [-0.2, -0.15) is 0 Å². The van der Waals surface area contributed by atoms with Gasteiger partial charge in [0.05, 0.1) is 6.04 Å². The maximum atomic E-state index is 5.90. The predicted octanol–water partition coefficient (Wildman–Crippen LogP) is 3.87. The van der Waals surface area contributed by atoms with Crippen molar-refractivity contribution in [1.82, 2.24) is 5.32 Å². The number of rotatable bonds is 4. The number of alkyl halides is 3. The summed E-state index contributed by atoms with van der Waals surface area (Å²) in [5.74, 6) is 0. The van der Waals surface area contributed by atoms with Gasteiger partial charge in [0.15, 0.2) is 0 Å². The highest BCUT2D eigenvalue weighted by molar-refractivity contribution is 6.68. The van der Waals surface area contributed by atoms with Crippen LogP contribution in [-0.4, -0.2) is 10.3 Å². The van der Waals surface area contributed by atoms with Crippen molar-refractivity contribution in [2.24, 2.45) is 0 Å². The van der Waals surface area contributed by atoms with Gasteiger partial charge in [0.2, 0.25) is 3.79 Å². The van der Waals surface area contributed by atoms with Crippen LogP contribution in [0.4, 0.5) is 0 Å². The third-order valence-electron chi connectivity index (χ3n) is 1.93. The van der Waals surface area contributed by atoms with Crippen LogP contribution in [0.15, 0.2) is 43.0 Å². The lowest BCUT2D eigenvalue weighted by molar-refractivity contribution is 0.578. The van der Waals surface area contributed by atoms with Gasteiger partial charge in [-0.15, -0.1) is 6.58 Å². The van der Waals surface area contributed by atoms with Crippen LogP contribution in [-0.2, 0) is 0 Å². The van der Waals surface area contributed by atoms with Crippen molar-refractivity contribution in [1.29, 1.82) is 0 Å². The molecular formula is C11H12Cl3N. The summed E-state index contributed by atoms with van der Waals surface area (Å²) in [6.07, 6.45) is 1.73. The van der Waals surface area contributed by atoms with Crippen molar-refractivity contribution in [3.63, 3.8) is 0 Å². The fraction of sp³-hybridized carbons (Fsp3) is 0.273. The van der Waals surface area contributed by atoms with Crippen molar-refractivity contribution in [3.05, 3.63) is 48.6 Å².